The second kappa shape index (κ2) is 7.46. The number of benzene rings is 2. The minimum atomic E-state index is -3.36. The van der Waals surface area contributed by atoms with Crippen molar-refractivity contribution in [2.75, 3.05) is 18.1 Å². The van der Waals surface area contributed by atoms with Gasteiger partial charge in [0.2, 0.25) is 5.91 Å². The van der Waals surface area contributed by atoms with E-state index in [-0.39, 0.29) is 11.4 Å². The Kier molecular flexibility index (Phi) is 5.58. The summed E-state index contributed by atoms with van der Waals surface area (Å²) in [5, 5.41) is 5.51. The molecule has 0 bridgehead atoms. The summed E-state index contributed by atoms with van der Waals surface area (Å²) in [6.45, 7) is -0.245. The van der Waals surface area contributed by atoms with Gasteiger partial charge in [0.25, 0.3) is 5.91 Å². The first-order valence-electron chi connectivity index (χ1n) is 6.89. The number of amides is 2. The standard InChI is InChI=1S/C16H15ClN2O4S/c1-24(22,23)14-4-2-3-13(9-14)19-15(20)10-18-16(21)11-5-7-12(17)8-6-11/h2-9H,10H2,1H3,(H,18,21)(H,19,20). The zero-order chi connectivity index (χ0) is 17.7. The third-order valence-corrected chi connectivity index (χ3v) is 4.42. The van der Waals surface area contributed by atoms with E-state index in [2.05, 4.69) is 10.6 Å². The van der Waals surface area contributed by atoms with E-state index in [1.165, 1.54) is 18.2 Å². The van der Waals surface area contributed by atoms with Gasteiger partial charge in [0.1, 0.15) is 0 Å². The first-order valence-corrected chi connectivity index (χ1v) is 9.16. The van der Waals surface area contributed by atoms with E-state index in [4.69, 9.17) is 11.6 Å². The van der Waals surface area contributed by atoms with E-state index >= 15 is 0 Å². The largest absolute Gasteiger partial charge is 0.343 e. The fourth-order valence-corrected chi connectivity index (χ4v) is 2.67. The summed E-state index contributed by atoms with van der Waals surface area (Å²) in [6, 6.07) is 12.1. The molecule has 0 saturated carbocycles. The van der Waals surface area contributed by atoms with E-state index in [0.29, 0.717) is 16.3 Å². The smallest absolute Gasteiger partial charge is 0.251 e. The minimum Gasteiger partial charge on any atom is -0.343 e. The van der Waals surface area contributed by atoms with Crippen LogP contribution in [0.15, 0.2) is 53.4 Å². The van der Waals surface area contributed by atoms with E-state index < -0.39 is 21.7 Å². The van der Waals surface area contributed by atoms with Crippen LogP contribution in [0.2, 0.25) is 5.02 Å². The van der Waals surface area contributed by atoms with Gasteiger partial charge in [0, 0.05) is 22.5 Å². The maximum Gasteiger partial charge on any atom is 0.251 e. The molecule has 0 atom stereocenters. The molecule has 2 N–H and O–H groups in total. The molecule has 0 spiro atoms. The van der Waals surface area contributed by atoms with Crippen LogP contribution < -0.4 is 10.6 Å². The molecule has 0 aliphatic carbocycles. The van der Waals surface area contributed by atoms with Crippen LogP contribution in [0.4, 0.5) is 5.69 Å². The van der Waals surface area contributed by atoms with E-state index in [1.807, 2.05) is 0 Å². The number of anilines is 1. The van der Waals surface area contributed by atoms with Crippen molar-refractivity contribution < 1.29 is 18.0 Å². The Morgan fingerprint density at radius 2 is 1.75 bits per heavy atom. The van der Waals surface area contributed by atoms with Crippen LogP contribution in [0.3, 0.4) is 0 Å². The molecule has 2 rings (SSSR count). The highest BCUT2D eigenvalue weighted by atomic mass is 35.5. The molecule has 0 aliphatic rings. The Labute approximate surface area is 144 Å². The van der Waals surface area contributed by atoms with Gasteiger partial charge >= 0.3 is 0 Å². The van der Waals surface area contributed by atoms with Gasteiger partial charge in [0.15, 0.2) is 9.84 Å². The summed E-state index contributed by atoms with van der Waals surface area (Å²) in [6.07, 6.45) is 1.08. The lowest BCUT2D eigenvalue weighted by Crippen LogP contribution is -2.32. The molecule has 8 heteroatoms. The highest BCUT2D eigenvalue weighted by Crippen LogP contribution is 2.15. The predicted molar refractivity (Wildman–Crippen MR) is 92.0 cm³/mol. The van der Waals surface area contributed by atoms with Crippen molar-refractivity contribution in [1.29, 1.82) is 0 Å². The fourth-order valence-electron chi connectivity index (χ4n) is 1.87. The van der Waals surface area contributed by atoms with Gasteiger partial charge in [-0.1, -0.05) is 17.7 Å². The first-order chi connectivity index (χ1) is 11.3. The lowest BCUT2D eigenvalue weighted by atomic mass is 10.2. The van der Waals surface area contributed by atoms with Gasteiger partial charge < -0.3 is 10.6 Å². The van der Waals surface area contributed by atoms with Gasteiger partial charge in [-0.05, 0) is 42.5 Å². The molecule has 24 heavy (non-hydrogen) atoms. The van der Waals surface area contributed by atoms with Gasteiger partial charge in [-0.3, -0.25) is 9.59 Å². The molecule has 0 saturated heterocycles. The molecule has 0 unspecified atom stereocenters. The van der Waals surface area contributed by atoms with E-state index in [1.54, 1.807) is 30.3 Å². The summed E-state index contributed by atoms with van der Waals surface area (Å²) in [4.78, 5) is 23.9. The number of rotatable bonds is 5. The predicted octanol–water partition coefficient (Wildman–Crippen LogP) is 2.11. The van der Waals surface area contributed by atoms with Crippen molar-refractivity contribution in [3.05, 3.63) is 59.1 Å². The summed E-state index contributed by atoms with van der Waals surface area (Å²) < 4.78 is 23.0. The minimum absolute atomic E-state index is 0.102. The van der Waals surface area contributed by atoms with Crippen LogP contribution in [-0.4, -0.2) is 33.0 Å². The number of nitrogens with one attached hydrogen (secondary N) is 2. The Bertz CT molecular complexity index is 864. The maximum absolute atomic E-state index is 11.9. The van der Waals surface area contributed by atoms with Gasteiger partial charge in [0.05, 0.1) is 11.4 Å². The molecule has 126 valence electrons. The second-order valence-corrected chi connectivity index (χ2v) is 7.49. The zero-order valence-corrected chi connectivity index (χ0v) is 14.3. The molecule has 0 radical (unpaired) electrons. The summed E-state index contributed by atoms with van der Waals surface area (Å²) in [5.74, 6) is -0.880. The number of hydrogen-bond donors (Lipinski definition) is 2. The topological polar surface area (TPSA) is 92.3 Å². The van der Waals surface area contributed by atoms with Crippen LogP contribution in [0.1, 0.15) is 10.4 Å². The van der Waals surface area contributed by atoms with Crippen LogP contribution in [0, 0.1) is 0 Å². The summed E-state index contributed by atoms with van der Waals surface area (Å²) in [7, 11) is -3.36. The van der Waals surface area contributed by atoms with Crippen LogP contribution in [0.25, 0.3) is 0 Å². The van der Waals surface area contributed by atoms with Gasteiger partial charge in [-0.25, -0.2) is 8.42 Å². The summed E-state index contributed by atoms with van der Waals surface area (Å²) >= 11 is 5.74. The van der Waals surface area contributed by atoms with Crippen LogP contribution >= 0.6 is 11.6 Å². The third kappa shape index (κ3) is 5.07. The Morgan fingerprint density at radius 3 is 2.38 bits per heavy atom. The molecular weight excluding hydrogens is 352 g/mol. The number of carbonyl (C=O) groups excluding carboxylic acids is 2. The Morgan fingerprint density at radius 1 is 1.08 bits per heavy atom. The maximum atomic E-state index is 11.9. The molecule has 0 aromatic heterocycles. The van der Waals surface area contributed by atoms with Crippen LogP contribution in [0.5, 0.6) is 0 Å². The quantitative estimate of drug-likeness (QED) is 0.847. The lowest BCUT2D eigenvalue weighted by Gasteiger charge is -2.08. The molecule has 0 heterocycles. The van der Waals surface area contributed by atoms with Gasteiger partial charge in [-0.2, -0.15) is 0 Å². The van der Waals surface area contributed by atoms with Crippen molar-refractivity contribution in [1.82, 2.24) is 5.32 Å². The molecule has 0 aliphatic heterocycles. The molecule has 2 amide bonds. The van der Waals surface area contributed by atoms with Crippen molar-refractivity contribution in [2.24, 2.45) is 0 Å². The molecule has 2 aromatic carbocycles. The SMILES string of the molecule is CS(=O)(=O)c1cccc(NC(=O)CNC(=O)c2ccc(Cl)cc2)c1. The first kappa shape index (κ1) is 18.0. The van der Waals surface area contributed by atoms with Crippen molar-refractivity contribution >= 4 is 38.9 Å². The normalized spacial score (nSPS) is 10.9. The van der Waals surface area contributed by atoms with Crippen molar-refractivity contribution in [3.8, 4) is 0 Å². The average molecular weight is 367 g/mol. The van der Waals surface area contributed by atoms with Crippen molar-refractivity contribution in [3.63, 3.8) is 0 Å². The highest BCUT2D eigenvalue weighted by molar-refractivity contribution is 7.90. The molecular formula is C16H15ClN2O4S. The third-order valence-electron chi connectivity index (χ3n) is 3.06. The molecule has 0 fully saturated rings. The molecule has 2 aromatic rings. The lowest BCUT2D eigenvalue weighted by molar-refractivity contribution is -0.115. The van der Waals surface area contributed by atoms with E-state index in [0.717, 1.165) is 6.26 Å². The van der Waals surface area contributed by atoms with Crippen molar-refractivity contribution in [2.45, 2.75) is 4.90 Å². The monoisotopic (exact) mass is 366 g/mol. The number of carbonyl (C=O) groups is 2. The fraction of sp³-hybridized carbons (Fsp3) is 0.125. The van der Waals surface area contributed by atoms with E-state index in [9.17, 15) is 18.0 Å². The molecule has 6 nitrogen and oxygen atoms in total. The summed E-state index contributed by atoms with van der Waals surface area (Å²) in [5.41, 5.74) is 0.718. The Hall–Kier alpha value is -2.38. The second-order valence-electron chi connectivity index (χ2n) is 5.04. The number of halogens is 1. The number of sulfone groups is 1. The zero-order valence-electron chi connectivity index (χ0n) is 12.7. The van der Waals surface area contributed by atoms with Crippen LogP contribution in [-0.2, 0) is 14.6 Å². The Balaban J connectivity index is 1.94. The average Bonchev–Trinajstić information content (AvgIpc) is 2.53. The number of hydrogen-bond acceptors (Lipinski definition) is 4. The van der Waals surface area contributed by atoms with Gasteiger partial charge in [-0.15, -0.1) is 0 Å². The highest BCUT2D eigenvalue weighted by Gasteiger charge is 2.10.